The molecule has 0 spiro atoms. The molecule has 0 atom stereocenters. The highest BCUT2D eigenvalue weighted by atomic mass is 35.5. The largest absolute Gasteiger partial charge is 0.477 e. The molecule has 21 heavy (non-hydrogen) atoms. The minimum Gasteiger partial charge on any atom is -0.477 e. The molecule has 0 unspecified atom stereocenters. The molecule has 6 heteroatoms. The van der Waals surface area contributed by atoms with Crippen molar-refractivity contribution in [3.63, 3.8) is 0 Å². The lowest BCUT2D eigenvalue weighted by molar-refractivity contribution is 0.0686. The number of carboxylic acids is 1. The summed E-state index contributed by atoms with van der Waals surface area (Å²) in [5.41, 5.74) is 1.86. The SMILES string of the molecule is O=C(O)c1cc2ccccc2n1Cc1cnc(Cl)c(Cl)c1. The third-order valence-electron chi connectivity index (χ3n) is 3.22. The van der Waals surface area contributed by atoms with Crippen LogP contribution in [0.4, 0.5) is 0 Å². The maximum absolute atomic E-state index is 11.4. The summed E-state index contributed by atoms with van der Waals surface area (Å²) in [5.74, 6) is -0.973. The van der Waals surface area contributed by atoms with Crippen LogP contribution >= 0.6 is 23.2 Å². The normalized spacial score (nSPS) is 11.0. The maximum Gasteiger partial charge on any atom is 0.352 e. The summed E-state index contributed by atoms with van der Waals surface area (Å²) in [6.45, 7) is 0.360. The van der Waals surface area contributed by atoms with Crippen molar-refractivity contribution in [3.05, 3.63) is 64.0 Å². The molecule has 0 aliphatic carbocycles. The number of hydrogen-bond acceptors (Lipinski definition) is 2. The van der Waals surface area contributed by atoms with Gasteiger partial charge in [-0.2, -0.15) is 0 Å². The molecule has 0 bridgehead atoms. The summed E-state index contributed by atoms with van der Waals surface area (Å²) in [5, 5.41) is 10.8. The smallest absolute Gasteiger partial charge is 0.352 e. The van der Waals surface area contributed by atoms with E-state index in [1.165, 1.54) is 0 Å². The molecule has 1 aromatic carbocycles. The predicted molar refractivity (Wildman–Crippen MR) is 82.3 cm³/mol. The van der Waals surface area contributed by atoms with E-state index in [0.29, 0.717) is 11.6 Å². The molecule has 0 aliphatic rings. The van der Waals surface area contributed by atoms with Crippen molar-refractivity contribution in [3.8, 4) is 0 Å². The van der Waals surface area contributed by atoms with Crippen molar-refractivity contribution >= 4 is 40.1 Å². The lowest BCUT2D eigenvalue weighted by Crippen LogP contribution is -2.09. The van der Waals surface area contributed by atoms with Crippen LogP contribution in [0.25, 0.3) is 10.9 Å². The number of para-hydroxylation sites is 1. The first kappa shape index (κ1) is 13.9. The molecule has 0 amide bonds. The zero-order chi connectivity index (χ0) is 15.0. The van der Waals surface area contributed by atoms with Crippen molar-refractivity contribution in [2.75, 3.05) is 0 Å². The fourth-order valence-electron chi connectivity index (χ4n) is 2.29. The molecule has 3 rings (SSSR count). The molecule has 0 saturated carbocycles. The Morgan fingerprint density at radius 1 is 1.24 bits per heavy atom. The first-order valence-electron chi connectivity index (χ1n) is 6.18. The highest BCUT2D eigenvalue weighted by molar-refractivity contribution is 6.41. The van der Waals surface area contributed by atoms with Gasteiger partial charge >= 0.3 is 5.97 Å². The van der Waals surface area contributed by atoms with Crippen molar-refractivity contribution in [2.45, 2.75) is 6.54 Å². The van der Waals surface area contributed by atoms with E-state index in [-0.39, 0.29) is 10.8 Å². The summed E-state index contributed by atoms with van der Waals surface area (Å²) in [7, 11) is 0. The third kappa shape index (κ3) is 2.60. The number of aromatic nitrogens is 2. The fraction of sp³-hybridized carbons (Fsp3) is 0.0667. The van der Waals surface area contributed by atoms with Gasteiger partial charge in [-0.15, -0.1) is 0 Å². The number of pyridine rings is 1. The van der Waals surface area contributed by atoms with Crippen LogP contribution in [0, 0.1) is 0 Å². The highest BCUT2D eigenvalue weighted by Gasteiger charge is 2.15. The quantitative estimate of drug-likeness (QED) is 0.739. The standard InChI is InChI=1S/C15H10Cl2N2O2/c16-11-5-9(7-18-14(11)17)8-19-12-4-2-1-3-10(12)6-13(19)15(20)21/h1-7H,8H2,(H,20,21). The van der Waals surface area contributed by atoms with Crippen LogP contribution in [0.15, 0.2) is 42.6 Å². The molecule has 4 nitrogen and oxygen atoms in total. The van der Waals surface area contributed by atoms with Crippen molar-refractivity contribution < 1.29 is 9.90 Å². The fourth-order valence-corrected chi connectivity index (χ4v) is 2.58. The monoisotopic (exact) mass is 320 g/mol. The average molecular weight is 321 g/mol. The Morgan fingerprint density at radius 2 is 2.00 bits per heavy atom. The van der Waals surface area contributed by atoms with E-state index in [1.54, 1.807) is 22.9 Å². The first-order chi connectivity index (χ1) is 10.1. The van der Waals surface area contributed by atoms with E-state index in [9.17, 15) is 9.90 Å². The number of rotatable bonds is 3. The van der Waals surface area contributed by atoms with E-state index in [2.05, 4.69) is 4.98 Å². The number of aromatic carboxylic acids is 1. The summed E-state index contributed by atoms with van der Waals surface area (Å²) in [4.78, 5) is 15.4. The molecular formula is C15H10Cl2N2O2. The van der Waals surface area contributed by atoms with Crippen molar-refractivity contribution in [1.82, 2.24) is 9.55 Å². The summed E-state index contributed by atoms with van der Waals surface area (Å²) >= 11 is 11.7. The van der Waals surface area contributed by atoms with Crippen LogP contribution < -0.4 is 0 Å². The Morgan fingerprint density at radius 3 is 2.71 bits per heavy atom. The minimum atomic E-state index is -0.973. The first-order valence-corrected chi connectivity index (χ1v) is 6.93. The lowest BCUT2D eigenvalue weighted by atomic mass is 10.2. The van der Waals surface area contributed by atoms with E-state index in [4.69, 9.17) is 23.2 Å². The molecule has 0 fully saturated rings. The predicted octanol–water partition coefficient (Wildman–Crippen LogP) is 4.09. The molecule has 2 heterocycles. The van der Waals surface area contributed by atoms with Gasteiger partial charge in [-0.1, -0.05) is 41.4 Å². The Kier molecular flexibility index (Phi) is 3.57. The van der Waals surface area contributed by atoms with Crippen molar-refractivity contribution in [1.29, 1.82) is 0 Å². The van der Waals surface area contributed by atoms with E-state index >= 15 is 0 Å². The summed E-state index contributed by atoms with van der Waals surface area (Å²) in [6, 6.07) is 10.9. The molecule has 0 saturated heterocycles. The number of fused-ring (bicyclic) bond motifs is 1. The van der Waals surface area contributed by atoms with Gasteiger partial charge in [0.05, 0.1) is 5.02 Å². The van der Waals surface area contributed by atoms with E-state index < -0.39 is 5.97 Å². The van der Waals surface area contributed by atoms with Crippen LogP contribution in [0.5, 0.6) is 0 Å². The van der Waals surface area contributed by atoms with Gasteiger partial charge < -0.3 is 9.67 Å². The zero-order valence-electron chi connectivity index (χ0n) is 10.8. The van der Waals surface area contributed by atoms with Gasteiger partial charge in [-0.25, -0.2) is 9.78 Å². The lowest BCUT2D eigenvalue weighted by Gasteiger charge is -2.09. The van der Waals surface area contributed by atoms with Crippen LogP contribution in [0.3, 0.4) is 0 Å². The molecule has 106 valence electrons. The molecule has 3 aromatic rings. The Bertz CT molecular complexity index is 843. The summed E-state index contributed by atoms with van der Waals surface area (Å²) in [6.07, 6.45) is 1.59. The number of carbonyl (C=O) groups is 1. The van der Waals surface area contributed by atoms with Gasteiger partial charge in [0.25, 0.3) is 0 Å². The molecular weight excluding hydrogens is 311 g/mol. The number of hydrogen-bond donors (Lipinski definition) is 1. The van der Waals surface area contributed by atoms with Gasteiger partial charge in [-0.05, 0) is 23.8 Å². The van der Waals surface area contributed by atoms with Crippen LogP contribution in [0.2, 0.25) is 10.2 Å². The van der Waals surface area contributed by atoms with Gasteiger partial charge in [-0.3, -0.25) is 0 Å². The van der Waals surface area contributed by atoms with Gasteiger partial charge in [0.1, 0.15) is 10.8 Å². The number of nitrogens with zero attached hydrogens (tertiary/aromatic N) is 2. The topological polar surface area (TPSA) is 55.1 Å². The minimum absolute atomic E-state index is 0.224. The maximum atomic E-state index is 11.4. The highest BCUT2D eigenvalue weighted by Crippen LogP contribution is 2.24. The van der Waals surface area contributed by atoms with Crippen LogP contribution in [-0.2, 0) is 6.54 Å². The Balaban J connectivity index is 2.12. The van der Waals surface area contributed by atoms with Gasteiger partial charge in [0.15, 0.2) is 0 Å². The third-order valence-corrected chi connectivity index (χ3v) is 3.91. The Labute approximate surface area is 130 Å². The summed E-state index contributed by atoms with van der Waals surface area (Å²) < 4.78 is 1.72. The number of benzene rings is 1. The van der Waals surface area contributed by atoms with Gasteiger partial charge in [0, 0.05) is 23.6 Å². The second-order valence-electron chi connectivity index (χ2n) is 4.60. The van der Waals surface area contributed by atoms with Gasteiger partial charge in [0.2, 0.25) is 0 Å². The van der Waals surface area contributed by atoms with E-state index in [1.807, 2.05) is 24.3 Å². The van der Waals surface area contributed by atoms with Crippen molar-refractivity contribution in [2.24, 2.45) is 0 Å². The second-order valence-corrected chi connectivity index (χ2v) is 5.36. The Hall–Kier alpha value is -2.04. The van der Waals surface area contributed by atoms with Crippen LogP contribution in [-0.4, -0.2) is 20.6 Å². The average Bonchev–Trinajstić information content (AvgIpc) is 2.82. The molecule has 1 N–H and O–H groups in total. The zero-order valence-corrected chi connectivity index (χ0v) is 12.3. The van der Waals surface area contributed by atoms with Crippen LogP contribution in [0.1, 0.15) is 16.1 Å². The van der Waals surface area contributed by atoms with E-state index in [0.717, 1.165) is 16.5 Å². The molecule has 2 aromatic heterocycles. The number of carboxylic acid groups (broad SMARTS) is 1. The molecule has 0 aliphatic heterocycles. The number of halogens is 2. The molecule has 0 radical (unpaired) electrons. The second kappa shape index (κ2) is 5.39.